The van der Waals surface area contributed by atoms with E-state index in [-0.39, 0.29) is 12.5 Å². The molecule has 0 aliphatic rings. The molecule has 178 valence electrons. The molecule has 0 fully saturated rings. The molecule has 0 aliphatic heterocycles. The van der Waals surface area contributed by atoms with E-state index in [4.69, 9.17) is 0 Å². The average molecular weight is 464 g/mol. The van der Waals surface area contributed by atoms with Crippen LogP contribution in [-0.4, -0.2) is 25.5 Å². The van der Waals surface area contributed by atoms with E-state index in [1.807, 2.05) is 34.6 Å². The van der Waals surface area contributed by atoms with Crippen LogP contribution in [0.1, 0.15) is 70.3 Å². The third-order valence-corrected chi connectivity index (χ3v) is 5.30. The van der Waals surface area contributed by atoms with Crippen LogP contribution in [0.2, 0.25) is 0 Å². The Kier molecular flexibility index (Phi) is 6.41. The van der Waals surface area contributed by atoms with E-state index >= 15 is 0 Å². The van der Waals surface area contributed by atoms with E-state index in [0.717, 1.165) is 16.8 Å². The van der Waals surface area contributed by atoms with Crippen molar-refractivity contribution in [2.45, 2.75) is 71.8 Å². The first-order valence-electron chi connectivity index (χ1n) is 10.7. The van der Waals surface area contributed by atoms with Gasteiger partial charge in [0.05, 0.1) is 29.0 Å². The van der Waals surface area contributed by atoms with Crippen LogP contribution in [0.15, 0.2) is 35.3 Å². The quantitative estimate of drug-likeness (QED) is 0.609. The number of carbonyl (C=O) groups excluding carboxylic acids is 1. The molecule has 0 radical (unpaired) electrons. The Labute approximate surface area is 189 Å². The van der Waals surface area contributed by atoms with Crippen molar-refractivity contribution < 1.29 is 18.0 Å². The van der Waals surface area contributed by atoms with Crippen molar-refractivity contribution in [1.82, 2.24) is 24.9 Å². The van der Waals surface area contributed by atoms with Gasteiger partial charge >= 0.3 is 6.18 Å². The first-order valence-corrected chi connectivity index (χ1v) is 10.7. The van der Waals surface area contributed by atoms with Crippen LogP contribution < -0.4 is 10.9 Å². The predicted octanol–water partition coefficient (Wildman–Crippen LogP) is 4.37. The second-order valence-corrected chi connectivity index (χ2v) is 9.40. The number of halogens is 3. The number of hydrogen-bond donors (Lipinski definition) is 1. The van der Waals surface area contributed by atoms with E-state index in [1.54, 1.807) is 17.8 Å². The van der Waals surface area contributed by atoms with E-state index < -0.39 is 34.8 Å². The number of hydrogen-bond acceptors (Lipinski definition) is 4. The maximum absolute atomic E-state index is 13.2. The molecule has 7 nitrogen and oxygen atoms in total. The summed E-state index contributed by atoms with van der Waals surface area (Å²) < 4.78 is 41.1. The maximum Gasteiger partial charge on any atom is 0.416 e. The zero-order chi connectivity index (χ0) is 24.7. The lowest BCUT2D eigenvalue weighted by Gasteiger charge is -2.21. The Morgan fingerprint density at radius 3 is 2.21 bits per heavy atom. The van der Waals surface area contributed by atoms with Gasteiger partial charge in [-0.3, -0.25) is 14.3 Å². The number of alkyl halides is 3. The van der Waals surface area contributed by atoms with Crippen molar-refractivity contribution in [3.63, 3.8) is 0 Å². The van der Waals surface area contributed by atoms with Crippen molar-refractivity contribution in [1.29, 1.82) is 0 Å². The Morgan fingerprint density at radius 2 is 1.70 bits per heavy atom. The number of carbonyl (C=O) groups is 1. The Hall–Kier alpha value is -3.17. The molecule has 3 aromatic rings. The minimum absolute atomic E-state index is 0.00824. The summed E-state index contributed by atoms with van der Waals surface area (Å²) in [6, 6.07) is 4.04. The summed E-state index contributed by atoms with van der Waals surface area (Å²) in [5.41, 5.74) is -0.0906. The molecule has 0 unspecified atom stereocenters. The zero-order valence-corrected chi connectivity index (χ0v) is 19.5. The summed E-state index contributed by atoms with van der Waals surface area (Å²) in [6.45, 7) is 11.0. The highest BCUT2D eigenvalue weighted by molar-refractivity contribution is 5.81. The number of amides is 1. The first-order chi connectivity index (χ1) is 15.2. The lowest BCUT2D eigenvalue weighted by atomic mass is 10.1. The third kappa shape index (κ3) is 5.09. The van der Waals surface area contributed by atoms with Crippen LogP contribution in [0.25, 0.3) is 10.9 Å². The standard InChI is InChI=1S/C23H28F3N5O2/c1-13(2)19-17-11-27-31(22(4,5)6)20(17)21(33)30(29-19)12-18(32)28-14(3)15-7-9-16(10-8-15)23(24,25)26/h7-11,13-14H,12H2,1-6H3,(H,28,32)/t14-/m0/s1. The minimum atomic E-state index is -4.43. The van der Waals surface area contributed by atoms with Gasteiger partial charge < -0.3 is 5.32 Å². The zero-order valence-electron chi connectivity index (χ0n) is 19.5. The van der Waals surface area contributed by atoms with Crippen molar-refractivity contribution in [3.8, 4) is 0 Å². The smallest absolute Gasteiger partial charge is 0.348 e. The Bertz CT molecular complexity index is 1220. The van der Waals surface area contributed by atoms with Gasteiger partial charge in [-0.2, -0.15) is 23.4 Å². The lowest BCUT2D eigenvalue weighted by molar-refractivity contribution is -0.137. The van der Waals surface area contributed by atoms with Gasteiger partial charge in [0.1, 0.15) is 12.1 Å². The Morgan fingerprint density at radius 1 is 1.09 bits per heavy atom. The molecule has 33 heavy (non-hydrogen) atoms. The molecule has 1 aromatic carbocycles. The Balaban J connectivity index is 1.89. The van der Waals surface area contributed by atoms with Gasteiger partial charge in [-0.1, -0.05) is 26.0 Å². The highest BCUT2D eigenvalue weighted by Crippen LogP contribution is 2.30. The van der Waals surface area contributed by atoms with Gasteiger partial charge in [-0.15, -0.1) is 0 Å². The topological polar surface area (TPSA) is 81.8 Å². The van der Waals surface area contributed by atoms with Crippen LogP contribution in [0.3, 0.4) is 0 Å². The molecule has 3 rings (SSSR count). The number of rotatable bonds is 5. The van der Waals surface area contributed by atoms with Gasteiger partial charge in [0.2, 0.25) is 5.91 Å². The SMILES string of the molecule is CC(C)c1nn(CC(=O)N[C@@H](C)c2ccc(C(F)(F)F)cc2)c(=O)c2c1cnn2C(C)(C)C. The van der Waals surface area contributed by atoms with Gasteiger partial charge in [-0.25, -0.2) is 4.68 Å². The molecule has 1 atom stereocenters. The van der Waals surface area contributed by atoms with Crippen LogP contribution in [0, 0.1) is 0 Å². The maximum atomic E-state index is 13.2. The van der Waals surface area contributed by atoms with Gasteiger partial charge in [0, 0.05) is 5.39 Å². The molecular formula is C23H28F3N5O2. The fourth-order valence-electron chi connectivity index (χ4n) is 3.60. The number of fused-ring (bicyclic) bond motifs is 1. The lowest BCUT2D eigenvalue weighted by Crippen LogP contribution is -2.37. The summed E-state index contributed by atoms with van der Waals surface area (Å²) in [6.07, 6.45) is -2.80. The van der Waals surface area contributed by atoms with Crippen LogP contribution >= 0.6 is 0 Å². The van der Waals surface area contributed by atoms with E-state index in [2.05, 4.69) is 15.5 Å². The first kappa shape index (κ1) is 24.5. The summed E-state index contributed by atoms with van der Waals surface area (Å²) >= 11 is 0. The number of aromatic nitrogens is 4. The van der Waals surface area contributed by atoms with Crippen molar-refractivity contribution in [2.75, 3.05) is 0 Å². The van der Waals surface area contributed by atoms with Crippen molar-refractivity contribution >= 4 is 16.8 Å². The predicted molar refractivity (Wildman–Crippen MR) is 119 cm³/mol. The number of benzene rings is 1. The molecule has 1 N–H and O–H groups in total. The van der Waals surface area contributed by atoms with Crippen LogP contribution in [0.5, 0.6) is 0 Å². The fraction of sp³-hybridized carbons (Fsp3) is 0.478. The third-order valence-electron chi connectivity index (χ3n) is 5.30. The number of nitrogens with one attached hydrogen (secondary N) is 1. The highest BCUT2D eigenvalue weighted by Gasteiger charge is 2.30. The van der Waals surface area contributed by atoms with E-state index in [0.29, 0.717) is 22.2 Å². The van der Waals surface area contributed by atoms with E-state index in [9.17, 15) is 22.8 Å². The summed E-state index contributed by atoms with van der Waals surface area (Å²) in [7, 11) is 0. The largest absolute Gasteiger partial charge is 0.416 e. The molecule has 10 heteroatoms. The molecule has 2 aromatic heterocycles. The molecule has 1 amide bonds. The van der Waals surface area contributed by atoms with E-state index in [1.165, 1.54) is 12.1 Å². The van der Waals surface area contributed by atoms with Crippen LogP contribution in [0.4, 0.5) is 13.2 Å². The monoisotopic (exact) mass is 463 g/mol. The summed E-state index contributed by atoms with van der Waals surface area (Å²) in [5.74, 6) is -0.487. The molecule has 0 bridgehead atoms. The normalized spacial score (nSPS) is 13.5. The van der Waals surface area contributed by atoms with Gasteiger partial charge in [0.25, 0.3) is 5.56 Å². The molecule has 0 spiro atoms. The summed E-state index contributed by atoms with van der Waals surface area (Å²) in [4.78, 5) is 25.9. The fourth-order valence-corrected chi connectivity index (χ4v) is 3.60. The second kappa shape index (κ2) is 8.64. The minimum Gasteiger partial charge on any atom is -0.348 e. The molecule has 0 saturated heterocycles. The van der Waals surface area contributed by atoms with Gasteiger partial charge in [-0.05, 0) is 51.3 Å². The molecule has 0 saturated carbocycles. The number of nitrogens with zero attached hydrogens (tertiary/aromatic N) is 4. The summed E-state index contributed by atoms with van der Waals surface area (Å²) in [5, 5.41) is 12.2. The van der Waals surface area contributed by atoms with Crippen LogP contribution in [-0.2, 0) is 23.1 Å². The molecule has 2 heterocycles. The second-order valence-electron chi connectivity index (χ2n) is 9.40. The van der Waals surface area contributed by atoms with Gasteiger partial charge in [0.15, 0.2) is 0 Å². The molecular weight excluding hydrogens is 435 g/mol. The van der Waals surface area contributed by atoms with Crippen molar-refractivity contribution in [3.05, 3.63) is 57.6 Å². The average Bonchev–Trinajstić information content (AvgIpc) is 3.15. The molecule has 0 aliphatic carbocycles. The van der Waals surface area contributed by atoms with Crippen molar-refractivity contribution in [2.24, 2.45) is 0 Å². The highest BCUT2D eigenvalue weighted by atomic mass is 19.4.